The van der Waals surface area contributed by atoms with Gasteiger partial charge in [0, 0.05) is 12.6 Å². The Morgan fingerprint density at radius 3 is 3.15 bits per heavy atom. The maximum atomic E-state index is 8.28. The minimum atomic E-state index is 0.388. The summed E-state index contributed by atoms with van der Waals surface area (Å²) in [6, 6.07) is 5.56. The zero-order valence-electron chi connectivity index (χ0n) is 7.23. The molecule has 0 radical (unpaired) electrons. The van der Waals surface area contributed by atoms with Crippen LogP contribution in [0.3, 0.4) is 0 Å². The zero-order chi connectivity index (χ0) is 9.52. The second-order valence-electron chi connectivity index (χ2n) is 2.50. The highest BCUT2D eigenvalue weighted by molar-refractivity contribution is 5.44. The van der Waals surface area contributed by atoms with Gasteiger partial charge in [0.05, 0.1) is 12.7 Å². The van der Waals surface area contributed by atoms with Gasteiger partial charge in [-0.3, -0.25) is 0 Å². The first-order valence-electron chi connectivity index (χ1n) is 4.05. The molecule has 0 atom stereocenters. The van der Waals surface area contributed by atoms with Gasteiger partial charge in [-0.2, -0.15) is 5.26 Å². The van der Waals surface area contributed by atoms with Crippen molar-refractivity contribution in [2.45, 2.75) is 12.8 Å². The predicted octanol–water partition coefficient (Wildman–Crippen LogP) is 1.35. The van der Waals surface area contributed by atoms with E-state index in [0.717, 1.165) is 0 Å². The minimum Gasteiger partial charge on any atom is -0.490 e. The van der Waals surface area contributed by atoms with Crippen molar-refractivity contribution < 1.29 is 4.74 Å². The molecule has 68 valence electrons. The van der Waals surface area contributed by atoms with Crippen molar-refractivity contribution in [3.8, 4) is 11.8 Å². The normalized spacial score (nSPS) is 9.15. The maximum absolute atomic E-state index is 8.28. The summed E-state index contributed by atoms with van der Waals surface area (Å²) >= 11 is 0. The van der Waals surface area contributed by atoms with E-state index in [0.29, 0.717) is 31.0 Å². The van der Waals surface area contributed by atoms with Crippen molar-refractivity contribution in [3.63, 3.8) is 0 Å². The molecule has 0 spiro atoms. The van der Waals surface area contributed by atoms with E-state index < -0.39 is 0 Å². The average Bonchev–Trinajstić information content (AvgIpc) is 2.15. The van der Waals surface area contributed by atoms with Crippen molar-refractivity contribution in [2.75, 3.05) is 12.3 Å². The summed E-state index contributed by atoms with van der Waals surface area (Å²) in [5, 5.41) is 8.28. The van der Waals surface area contributed by atoms with E-state index in [-0.39, 0.29) is 0 Å². The van der Waals surface area contributed by atoms with E-state index in [2.05, 4.69) is 4.98 Å². The number of unbranched alkanes of at least 4 members (excludes halogenated alkanes) is 1. The van der Waals surface area contributed by atoms with Gasteiger partial charge in [-0.15, -0.1) is 0 Å². The number of nitriles is 1. The lowest BCUT2D eigenvalue weighted by atomic mass is 10.3. The highest BCUT2D eigenvalue weighted by Crippen LogP contribution is 2.16. The Kier molecular flexibility index (Phi) is 3.58. The number of ether oxygens (including phenoxy) is 1. The van der Waals surface area contributed by atoms with Crippen LogP contribution < -0.4 is 10.5 Å². The van der Waals surface area contributed by atoms with Crippen LogP contribution in [-0.4, -0.2) is 11.6 Å². The first kappa shape index (κ1) is 9.33. The van der Waals surface area contributed by atoms with Crippen LogP contribution in [0.2, 0.25) is 0 Å². The van der Waals surface area contributed by atoms with Crippen molar-refractivity contribution in [1.82, 2.24) is 4.98 Å². The third-order valence-corrected chi connectivity index (χ3v) is 1.49. The van der Waals surface area contributed by atoms with Crippen molar-refractivity contribution in [3.05, 3.63) is 18.3 Å². The Balaban J connectivity index is 2.37. The van der Waals surface area contributed by atoms with E-state index in [1.807, 2.05) is 6.07 Å². The molecular weight excluding hydrogens is 166 g/mol. The summed E-state index contributed by atoms with van der Waals surface area (Å²) < 4.78 is 5.30. The lowest BCUT2D eigenvalue weighted by Crippen LogP contribution is -2.00. The van der Waals surface area contributed by atoms with Gasteiger partial charge >= 0.3 is 0 Å². The van der Waals surface area contributed by atoms with Crippen molar-refractivity contribution >= 4 is 5.82 Å². The summed E-state index contributed by atoms with van der Waals surface area (Å²) in [6.45, 7) is 0.503. The molecule has 0 bridgehead atoms. The van der Waals surface area contributed by atoms with Crippen LogP contribution in [0.15, 0.2) is 18.3 Å². The fourth-order valence-electron chi connectivity index (χ4n) is 0.858. The molecule has 4 heteroatoms. The number of nitrogen functional groups attached to an aromatic ring is 1. The van der Waals surface area contributed by atoms with E-state index in [9.17, 15) is 0 Å². The highest BCUT2D eigenvalue weighted by Gasteiger charge is 1.98. The molecule has 0 fully saturated rings. The molecule has 0 unspecified atom stereocenters. The summed E-state index contributed by atoms with van der Waals surface area (Å²) in [7, 11) is 0. The third-order valence-electron chi connectivity index (χ3n) is 1.49. The lowest BCUT2D eigenvalue weighted by molar-refractivity contribution is 0.313. The van der Waals surface area contributed by atoms with Crippen LogP contribution >= 0.6 is 0 Å². The van der Waals surface area contributed by atoms with E-state index in [1.54, 1.807) is 18.3 Å². The largest absolute Gasteiger partial charge is 0.490 e. The number of pyridine rings is 1. The first-order chi connectivity index (χ1) is 6.34. The summed E-state index contributed by atoms with van der Waals surface area (Å²) in [5.41, 5.74) is 5.53. The lowest BCUT2D eigenvalue weighted by Gasteiger charge is -2.05. The Morgan fingerprint density at radius 2 is 2.46 bits per heavy atom. The second kappa shape index (κ2) is 4.99. The molecule has 0 aliphatic carbocycles. The van der Waals surface area contributed by atoms with Gasteiger partial charge in [0.25, 0.3) is 0 Å². The van der Waals surface area contributed by atoms with Crippen LogP contribution in [0.4, 0.5) is 5.82 Å². The minimum absolute atomic E-state index is 0.388. The molecule has 0 aliphatic rings. The van der Waals surface area contributed by atoms with E-state index in [1.165, 1.54) is 0 Å². The molecule has 1 aromatic rings. The topological polar surface area (TPSA) is 71.9 Å². The molecule has 0 saturated heterocycles. The Morgan fingerprint density at radius 1 is 1.62 bits per heavy atom. The molecule has 1 rings (SSSR count). The summed E-state index contributed by atoms with van der Waals surface area (Å²) in [5.74, 6) is 0.972. The van der Waals surface area contributed by atoms with Crippen LogP contribution in [0.25, 0.3) is 0 Å². The zero-order valence-corrected chi connectivity index (χ0v) is 7.23. The molecule has 0 saturated carbocycles. The standard InChI is InChI=1S/C9H11N3O/c10-5-1-2-7-13-8-4-3-6-12-9(8)11/h3-4,6H,1-2,7H2,(H2,11,12). The fraction of sp³-hybridized carbons (Fsp3) is 0.333. The third kappa shape index (κ3) is 2.99. The number of rotatable bonds is 4. The van der Waals surface area contributed by atoms with Crippen LogP contribution in [0.1, 0.15) is 12.8 Å². The number of anilines is 1. The number of hydrogen-bond acceptors (Lipinski definition) is 4. The first-order valence-corrected chi connectivity index (χ1v) is 4.05. The number of nitrogens with zero attached hydrogens (tertiary/aromatic N) is 2. The average molecular weight is 177 g/mol. The monoisotopic (exact) mass is 177 g/mol. The van der Waals surface area contributed by atoms with Crippen LogP contribution in [0.5, 0.6) is 5.75 Å². The van der Waals surface area contributed by atoms with Gasteiger partial charge in [-0.1, -0.05) is 0 Å². The van der Waals surface area contributed by atoms with Crippen molar-refractivity contribution in [2.24, 2.45) is 0 Å². The maximum Gasteiger partial charge on any atom is 0.166 e. The molecule has 1 heterocycles. The quantitative estimate of drug-likeness (QED) is 0.704. The second-order valence-corrected chi connectivity index (χ2v) is 2.50. The fourth-order valence-corrected chi connectivity index (χ4v) is 0.858. The molecule has 4 nitrogen and oxygen atoms in total. The number of hydrogen-bond donors (Lipinski definition) is 1. The SMILES string of the molecule is N#CCCCOc1cccnc1N. The Bertz CT molecular complexity index is 306. The molecule has 1 aromatic heterocycles. The summed E-state index contributed by atoms with van der Waals surface area (Å²) in [4.78, 5) is 3.87. The van der Waals surface area contributed by atoms with Gasteiger partial charge in [-0.05, 0) is 18.6 Å². The van der Waals surface area contributed by atoms with Gasteiger partial charge < -0.3 is 10.5 Å². The van der Waals surface area contributed by atoms with Gasteiger partial charge in [0.1, 0.15) is 0 Å². The number of aromatic nitrogens is 1. The molecule has 0 aliphatic heterocycles. The molecule has 2 N–H and O–H groups in total. The Hall–Kier alpha value is -1.76. The van der Waals surface area contributed by atoms with Gasteiger partial charge in [0.2, 0.25) is 0 Å². The highest BCUT2D eigenvalue weighted by atomic mass is 16.5. The Labute approximate surface area is 77.0 Å². The molecular formula is C9H11N3O. The van der Waals surface area contributed by atoms with Crippen molar-refractivity contribution in [1.29, 1.82) is 5.26 Å². The summed E-state index contributed by atoms with van der Waals surface area (Å²) in [6.07, 6.45) is 2.82. The number of nitrogens with two attached hydrogens (primary N) is 1. The molecule has 0 aromatic carbocycles. The van der Waals surface area contributed by atoms with Gasteiger partial charge in [0.15, 0.2) is 11.6 Å². The van der Waals surface area contributed by atoms with E-state index in [4.69, 9.17) is 15.7 Å². The van der Waals surface area contributed by atoms with Crippen LogP contribution in [-0.2, 0) is 0 Å². The molecule has 13 heavy (non-hydrogen) atoms. The van der Waals surface area contributed by atoms with Gasteiger partial charge in [-0.25, -0.2) is 4.98 Å². The van der Waals surface area contributed by atoms with Crippen LogP contribution in [0, 0.1) is 11.3 Å². The smallest absolute Gasteiger partial charge is 0.166 e. The predicted molar refractivity (Wildman–Crippen MR) is 49.0 cm³/mol. The molecule has 0 amide bonds. The van der Waals surface area contributed by atoms with E-state index >= 15 is 0 Å².